The van der Waals surface area contributed by atoms with Crippen molar-refractivity contribution >= 4 is 30.1 Å². The van der Waals surface area contributed by atoms with Crippen molar-refractivity contribution in [2.75, 3.05) is 19.6 Å². The molecule has 0 radical (unpaired) electrons. The van der Waals surface area contributed by atoms with Gasteiger partial charge in [-0.3, -0.25) is 19.3 Å². The lowest BCUT2D eigenvalue weighted by Gasteiger charge is -2.19. The van der Waals surface area contributed by atoms with E-state index in [0.29, 0.717) is 17.7 Å². The zero-order chi connectivity index (χ0) is 16.4. The number of nitrogens with two attached hydrogens (primary N) is 1. The second-order valence-electron chi connectivity index (χ2n) is 6.13. The third-order valence-corrected chi connectivity index (χ3v) is 4.81. The second-order valence-corrected chi connectivity index (χ2v) is 6.13. The highest BCUT2D eigenvalue weighted by Crippen LogP contribution is 2.30. The van der Waals surface area contributed by atoms with E-state index >= 15 is 0 Å². The number of halogens is 1. The number of carbonyl (C=O) groups excluding carboxylic acids is 3. The molecule has 130 valence electrons. The number of hydrogen-bond donors (Lipinski definition) is 2. The number of nitrogens with one attached hydrogen (secondary N) is 1. The highest BCUT2D eigenvalue weighted by Gasteiger charge is 2.35. The van der Waals surface area contributed by atoms with Gasteiger partial charge >= 0.3 is 0 Å². The number of hydrogen-bond acceptors (Lipinski definition) is 4. The Morgan fingerprint density at radius 1 is 1.17 bits per heavy atom. The molecular weight excluding hydrogens is 330 g/mol. The van der Waals surface area contributed by atoms with E-state index in [9.17, 15) is 14.4 Å². The van der Waals surface area contributed by atoms with Crippen LogP contribution in [0.15, 0.2) is 24.3 Å². The van der Waals surface area contributed by atoms with E-state index in [0.717, 1.165) is 19.3 Å². The van der Waals surface area contributed by atoms with Crippen molar-refractivity contribution in [2.24, 2.45) is 17.6 Å². The van der Waals surface area contributed by atoms with Gasteiger partial charge in [0, 0.05) is 19.0 Å². The molecule has 3 amide bonds. The number of benzene rings is 1. The Balaban J connectivity index is 0.00000208. The summed E-state index contributed by atoms with van der Waals surface area (Å²) in [6.45, 7) is 0.993. The Morgan fingerprint density at radius 3 is 2.38 bits per heavy atom. The molecule has 1 aromatic rings. The molecule has 1 fully saturated rings. The summed E-state index contributed by atoms with van der Waals surface area (Å²) in [5, 5.41) is 2.84. The molecule has 1 aliphatic heterocycles. The number of rotatable bonds is 5. The van der Waals surface area contributed by atoms with E-state index in [1.807, 2.05) is 0 Å². The smallest absolute Gasteiger partial charge is 0.261 e. The largest absolute Gasteiger partial charge is 0.354 e. The van der Waals surface area contributed by atoms with Gasteiger partial charge in [0.05, 0.1) is 11.1 Å². The van der Waals surface area contributed by atoms with Crippen molar-refractivity contribution in [1.82, 2.24) is 10.2 Å². The van der Waals surface area contributed by atoms with E-state index in [-0.39, 0.29) is 55.1 Å². The maximum atomic E-state index is 12.2. The molecule has 3 rings (SSSR count). The molecule has 7 heteroatoms. The van der Waals surface area contributed by atoms with Crippen molar-refractivity contribution in [3.8, 4) is 0 Å². The monoisotopic (exact) mass is 351 g/mol. The first-order valence-corrected chi connectivity index (χ1v) is 8.06. The highest BCUT2D eigenvalue weighted by molar-refractivity contribution is 6.21. The Kier molecular flexibility index (Phi) is 5.96. The van der Waals surface area contributed by atoms with Crippen LogP contribution in [0.5, 0.6) is 0 Å². The average molecular weight is 352 g/mol. The normalized spacial score (nSPS) is 22.3. The fourth-order valence-electron chi connectivity index (χ4n) is 3.53. The molecule has 0 spiro atoms. The molecule has 24 heavy (non-hydrogen) atoms. The van der Waals surface area contributed by atoms with Crippen LogP contribution in [-0.4, -0.2) is 42.3 Å². The number of amides is 3. The Hall–Kier alpha value is -1.92. The predicted molar refractivity (Wildman–Crippen MR) is 92.0 cm³/mol. The van der Waals surface area contributed by atoms with Gasteiger partial charge in [0.1, 0.15) is 0 Å². The van der Waals surface area contributed by atoms with E-state index in [1.54, 1.807) is 24.3 Å². The highest BCUT2D eigenvalue weighted by atomic mass is 35.5. The van der Waals surface area contributed by atoms with Crippen LogP contribution in [-0.2, 0) is 4.79 Å². The molecule has 2 aliphatic rings. The summed E-state index contributed by atoms with van der Waals surface area (Å²) >= 11 is 0. The van der Waals surface area contributed by atoms with Gasteiger partial charge in [0.25, 0.3) is 11.8 Å². The molecule has 2 atom stereocenters. The third kappa shape index (κ3) is 3.30. The summed E-state index contributed by atoms with van der Waals surface area (Å²) in [6.07, 6.45) is 2.88. The fourth-order valence-corrected chi connectivity index (χ4v) is 3.53. The third-order valence-electron chi connectivity index (χ3n) is 4.81. The SMILES string of the molecule is Cl.NC[C@H]1CCC[C@H]1C(=O)NCCN1C(=O)c2ccccc2C1=O. The van der Waals surface area contributed by atoms with Crippen LogP contribution in [0, 0.1) is 11.8 Å². The fraction of sp³-hybridized carbons (Fsp3) is 0.471. The molecular formula is C17H22ClN3O3. The zero-order valence-corrected chi connectivity index (χ0v) is 14.2. The molecule has 3 N–H and O–H groups in total. The van der Waals surface area contributed by atoms with Gasteiger partial charge in [-0.1, -0.05) is 18.6 Å². The van der Waals surface area contributed by atoms with Crippen molar-refractivity contribution in [3.63, 3.8) is 0 Å². The van der Waals surface area contributed by atoms with Crippen LogP contribution in [0.4, 0.5) is 0 Å². The van der Waals surface area contributed by atoms with Gasteiger partial charge in [-0.15, -0.1) is 12.4 Å². The molecule has 0 bridgehead atoms. The molecule has 1 saturated carbocycles. The second kappa shape index (κ2) is 7.77. The lowest BCUT2D eigenvalue weighted by atomic mass is 9.95. The molecule has 0 unspecified atom stereocenters. The van der Waals surface area contributed by atoms with Crippen LogP contribution < -0.4 is 11.1 Å². The van der Waals surface area contributed by atoms with E-state index < -0.39 is 0 Å². The van der Waals surface area contributed by atoms with Crippen molar-refractivity contribution < 1.29 is 14.4 Å². The van der Waals surface area contributed by atoms with Gasteiger partial charge in [0.15, 0.2) is 0 Å². The van der Waals surface area contributed by atoms with Crippen LogP contribution in [0.1, 0.15) is 40.0 Å². The maximum Gasteiger partial charge on any atom is 0.261 e. The van der Waals surface area contributed by atoms with Crippen LogP contribution >= 0.6 is 12.4 Å². The summed E-state index contributed by atoms with van der Waals surface area (Å²) in [5.41, 5.74) is 6.56. The summed E-state index contributed by atoms with van der Waals surface area (Å²) in [5.74, 6) is -0.396. The average Bonchev–Trinajstić information content (AvgIpc) is 3.14. The maximum absolute atomic E-state index is 12.2. The van der Waals surface area contributed by atoms with Crippen LogP contribution in [0.3, 0.4) is 0 Å². The summed E-state index contributed by atoms with van der Waals surface area (Å²) in [7, 11) is 0. The predicted octanol–water partition coefficient (Wildman–Crippen LogP) is 1.20. The Bertz CT molecular complexity index is 615. The summed E-state index contributed by atoms with van der Waals surface area (Å²) in [4.78, 5) is 37.8. The standard InChI is InChI=1S/C17H21N3O3.ClH/c18-10-11-4-3-7-12(11)15(21)19-8-9-20-16(22)13-5-1-2-6-14(13)17(20)23;/h1-2,5-6,11-12H,3-4,7-10,18H2,(H,19,21);1H/t11-,12-;/m1./s1. The molecule has 0 aromatic heterocycles. The van der Waals surface area contributed by atoms with Crippen molar-refractivity contribution in [2.45, 2.75) is 19.3 Å². The van der Waals surface area contributed by atoms with Crippen LogP contribution in [0.2, 0.25) is 0 Å². The number of imide groups is 1. The van der Waals surface area contributed by atoms with Crippen molar-refractivity contribution in [1.29, 1.82) is 0 Å². The Labute approximate surface area is 147 Å². The van der Waals surface area contributed by atoms with Crippen molar-refractivity contribution in [3.05, 3.63) is 35.4 Å². The van der Waals surface area contributed by atoms with Gasteiger partial charge in [0.2, 0.25) is 5.91 Å². The lowest BCUT2D eigenvalue weighted by molar-refractivity contribution is -0.126. The van der Waals surface area contributed by atoms with E-state index in [1.165, 1.54) is 4.90 Å². The van der Waals surface area contributed by atoms with Gasteiger partial charge in [-0.2, -0.15) is 0 Å². The molecule has 6 nitrogen and oxygen atoms in total. The summed E-state index contributed by atoms with van der Waals surface area (Å²) < 4.78 is 0. The topological polar surface area (TPSA) is 92.5 Å². The first-order chi connectivity index (χ1) is 11.1. The minimum absolute atomic E-state index is 0. The minimum atomic E-state index is -0.291. The van der Waals surface area contributed by atoms with E-state index in [4.69, 9.17) is 5.73 Å². The van der Waals surface area contributed by atoms with E-state index in [2.05, 4.69) is 5.32 Å². The number of fused-ring (bicyclic) bond motifs is 1. The van der Waals surface area contributed by atoms with Gasteiger partial charge in [-0.05, 0) is 37.4 Å². The molecule has 0 saturated heterocycles. The molecule has 1 aliphatic carbocycles. The van der Waals surface area contributed by atoms with Gasteiger partial charge in [-0.25, -0.2) is 0 Å². The van der Waals surface area contributed by atoms with Crippen LogP contribution in [0.25, 0.3) is 0 Å². The number of carbonyl (C=O) groups is 3. The lowest BCUT2D eigenvalue weighted by Crippen LogP contribution is -2.41. The molecule has 1 aromatic carbocycles. The molecule has 1 heterocycles. The Morgan fingerprint density at radius 2 is 1.79 bits per heavy atom. The first-order valence-electron chi connectivity index (χ1n) is 8.06. The zero-order valence-electron chi connectivity index (χ0n) is 13.4. The minimum Gasteiger partial charge on any atom is -0.354 e. The number of nitrogens with zero attached hydrogens (tertiary/aromatic N) is 1. The van der Waals surface area contributed by atoms with Gasteiger partial charge < -0.3 is 11.1 Å². The first kappa shape index (κ1) is 18.4. The quantitative estimate of drug-likeness (QED) is 0.779. The summed E-state index contributed by atoms with van der Waals surface area (Å²) in [6, 6.07) is 6.78.